The van der Waals surface area contributed by atoms with Crippen LogP contribution in [0.3, 0.4) is 0 Å². The van der Waals surface area contributed by atoms with Crippen molar-refractivity contribution in [1.82, 2.24) is 19.9 Å². The van der Waals surface area contributed by atoms with Crippen molar-refractivity contribution in [3.63, 3.8) is 0 Å². The summed E-state index contributed by atoms with van der Waals surface area (Å²) in [6.07, 6.45) is 0. The number of hydrogen-bond donors (Lipinski definition) is 2. The fourth-order valence-corrected chi connectivity index (χ4v) is 3.94. The Balaban J connectivity index is 1.40. The van der Waals surface area contributed by atoms with Gasteiger partial charge in [0.2, 0.25) is 5.95 Å². The van der Waals surface area contributed by atoms with Crippen LogP contribution in [0.25, 0.3) is 22.3 Å². The van der Waals surface area contributed by atoms with Gasteiger partial charge >= 0.3 is 0 Å². The highest BCUT2D eigenvalue weighted by atomic mass is 19.1. The summed E-state index contributed by atoms with van der Waals surface area (Å²) >= 11 is 0. The molecule has 0 amide bonds. The van der Waals surface area contributed by atoms with Crippen molar-refractivity contribution in [2.45, 2.75) is 6.54 Å². The Morgan fingerprint density at radius 1 is 0.800 bits per heavy atom. The van der Waals surface area contributed by atoms with E-state index in [0.717, 1.165) is 44.0 Å². The van der Waals surface area contributed by atoms with Crippen LogP contribution in [-0.2, 0) is 11.3 Å². The van der Waals surface area contributed by atoms with Crippen LogP contribution in [0.5, 0.6) is 0 Å². The lowest BCUT2D eigenvalue weighted by atomic mass is 10.1. The van der Waals surface area contributed by atoms with Crippen LogP contribution in [0, 0.1) is 11.6 Å². The maximum absolute atomic E-state index is 13.4. The molecule has 0 radical (unpaired) electrons. The van der Waals surface area contributed by atoms with Crippen molar-refractivity contribution in [3.8, 4) is 11.3 Å². The molecule has 3 heterocycles. The number of rotatable bonds is 8. The zero-order chi connectivity index (χ0) is 24.0. The Bertz CT molecular complexity index is 1280. The molecule has 9 heteroatoms. The van der Waals surface area contributed by atoms with Crippen LogP contribution in [0.4, 0.5) is 20.5 Å². The molecule has 2 aromatic heterocycles. The van der Waals surface area contributed by atoms with Gasteiger partial charge in [-0.05, 0) is 54.1 Å². The molecular weight excluding hydrogens is 450 g/mol. The van der Waals surface area contributed by atoms with Gasteiger partial charge in [0, 0.05) is 38.3 Å². The number of pyridine rings is 1. The third kappa shape index (κ3) is 5.87. The van der Waals surface area contributed by atoms with Gasteiger partial charge in [0.25, 0.3) is 0 Å². The van der Waals surface area contributed by atoms with Crippen molar-refractivity contribution in [1.29, 1.82) is 0 Å². The van der Waals surface area contributed by atoms with Crippen LogP contribution in [0.15, 0.2) is 60.7 Å². The average molecular weight is 477 g/mol. The van der Waals surface area contributed by atoms with Gasteiger partial charge in [0.05, 0.1) is 24.4 Å². The number of halogens is 2. The highest BCUT2D eigenvalue weighted by molar-refractivity contribution is 5.88. The van der Waals surface area contributed by atoms with Crippen LogP contribution in [0.1, 0.15) is 5.56 Å². The Morgan fingerprint density at radius 2 is 1.51 bits per heavy atom. The van der Waals surface area contributed by atoms with E-state index in [1.165, 1.54) is 24.3 Å². The van der Waals surface area contributed by atoms with E-state index in [9.17, 15) is 8.78 Å². The van der Waals surface area contributed by atoms with Gasteiger partial charge < -0.3 is 15.4 Å². The largest absolute Gasteiger partial charge is 0.379 e. The topological polar surface area (TPSA) is 75.2 Å². The third-order valence-electron chi connectivity index (χ3n) is 5.87. The second-order valence-corrected chi connectivity index (χ2v) is 8.33. The van der Waals surface area contributed by atoms with Gasteiger partial charge in [-0.25, -0.2) is 18.7 Å². The molecule has 5 rings (SSSR count). The molecule has 1 fully saturated rings. The van der Waals surface area contributed by atoms with Crippen LogP contribution in [-0.4, -0.2) is 59.2 Å². The second-order valence-electron chi connectivity index (χ2n) is 8.33. The number of morpholine rings is 1. The predicted molar refractivity (Wildman–Crippen MR) is 132 cm³/mol. The molecule has 1 saturated heterocycles. The lowest BCUT2D eigenvalue weighted by Crippen LogP contribution is -2.39. The number of ether oxygens (including phenoxy) is 1. The summed E-state index contributed by atoms with van der Waals surface area (Å²) in [5.41, 5.74) is 3.76. The molecule has 35 heavy (non-hydrogen) atoms. The van der Waals surface area contributed by atoms with Crippen LogP contribution < -0.4 is 10.6 Å². The maximum atomic E-state index is 13.4. The minimum atomic E-state index is -0.291. The fourth-order valence-electron chi connectivity index (χ4n) is 3.94. The van der Waals surface area contributed by atoms with Crippen molar-refractivity contribution >= 4 is 22.8 Å². The summed E-state index contributed by atoms with van der Waals surface area (Å²) in [6.45, 7) is 5.30. The first kappa shape index (κ1) is 23.1. The molecule has 7 nitrogen and oxygen atoms in total. The van der Waals surface area contributed by atoms with Gasteiger partial charge in [-0.2, -0.15) is 4.98 Å². The summed E-state index contributed by atoms with van der Waals surface area (Å²) in [4.78, 5) is 16.5. The number of anilines is 2. The van der Waals surface area contributed by atoms with Gasteiger partial charge in [0.1, 0.15) is 17.2 Å². The lowest BCUT2D eigenvalue weighted by Gasteiger charge is -2.26. The number of nitrogens with one attached hydrogen (secondary N) is 2. The van der Waals surface area contributed by atoms with E-state index >= 15 is 0 Å². The molecule has 0 saturated carbocycles. The first-order valence-corrected chi connectivity index (χ1v) is 11.6. The molecule has 0 atom stereocenters. The Kier molecular flexibility index (Phi) is 7.06. The van der Waals surface area contributed by atoms with Crippen molar-refractivity contribution in [2.75, 3.05) is 50.0 Å². The van der Waals surface area contributed by atoms with E-state index < -0.39 is 0 Å². The van der Waals surface area contributed by atoms with Gasteiger partial charge in [-0.1, -0.05) is 12.1 Å². The Hall–Kier alpha value is -3.69. The van der Waals surface area contributed by atoms with Gasteiger partial charge in [-0.15, -0.1) is 0 Å². The molecule has 0 spiro atoms. The van der Waals surface area contributed by atoms with E-state index in [4.69, 9.17) is 14.7 Å². The SMILES string of the molecule is Fc1ccc(CNc2nc(NCCN3CCOCC3)c3nc(-c4ccc(F)cc4)ccc3n2)cc1. The molecule has 4 aromatic rings. The summed E-state index contributed by atoms with van der Waals surface area (Å²) < 4.78 is 32.0. The Labute approximate surface area is 202 Å². The monoisotopic (exact) mass is 476 g/mol. The summed E-state index contributed by atoms with van der Waals surface area (Å²) in [5, 5.41) is 6.65. The van der Waals surface area contributed by atoms with Gasteiger partial charge in [-0.3, -0.25) is 4.90 Å². The quantitative estimate of drug-likeness (QED) is 0.392. The fraction of sp³-hybridized carbons (Fsp3) is 0.269. The summed E-state index contributed by atoms with van der Waals surface area (Å²) in [6, 6.07) is 16.3. The summed E-state index contributed by atoms with van der Waals surface area (Å²) in [5.74, 6) is 0.506. The highest BCUT2D eigenvalue weighted by Gasteiger charge is 2.13. The zero-order valence-corrected chi connectivity index (χ0v) is 19.2. The minimum Gasteiger partial charge on any atom is -0.379 e. The van der Waals surface area contributed by atoms with Crippen molar-refractivity contribution in [3.05, 3.63) is 77.9 Å². The number of nitrogens with zero attached hydrogens (tertiary/aromatic N) is 4. The maximum Gasteiger partial charge on any atom is 0.225 e. The third-order valence-corrected chi connectivity index (χ3v) is 5.87. The lowest BCUT2D eigenvalue weighted by molar-refractivity contribution is 0.0398. The molecule has 0 aliphatic carbocycles. The second kappa shape index (κ2) is 10.7. The van der Waals surface area contributed by atoms with Crippen molar-refractivity contribution in [2.24, 2.45) is 0 Å². The van der Waals surface area contributed by atoms with Crippen LogP contribution in [0.2, 0.25) is 0 Å². The molecule has 0 unspecified atom stereocenters. The highest BCUT2D eigenvalue weighted by Crippen LogP contribution is 2.25. The molecular formula is C26H26F2N6O. The first-order chi connectivity index (χ1) is 17.1. The van der Waals surface area contributed by atoms with Gasteiger partial charge in [0.15, 0.2) is 5.82 Å². The molecule has 0 bridgehead atoms. The van der Waals surface area contributed by atoms with E-state index in [-0.39, 0.29) is 11.6 Å². The molecule has 2 N–H and O–H groups in total. The van der Waals surface area contributed by atoms with E-state index in [1.54, 1.807) is 24.3 Å². The summed E-state index contributed by atoms with van der Waals surface area (Å²) in [7, 11) is 0. The molecule has 1 aliphatic heterocycles. The Morgan fingerprint density at radius 3 is 2.26 bits per heavy atom. The number of fused-ring (bicyclic) bond motifs is 1. The normalized spacial score (nSPS) is 14.2. The van der Waals surface area contributed by atoms with E-state index in [0.29, 0.717) is 41.6 Å². The number of aromatic nitrogens is 3. The van der Waals surface area contributed by atoms with E-state index in [2.05, 4.69) is 20.5 Å². The zero-order valence-electron chi connectivity index (χ0n) is 19.2. The molecule has 1 aliphatic rings. The number of benzene rings is 2. The standard InChI is InChI=1S/C26H26F2N6O/c27-20-5-1-18(2-6-20)17-30-26-32-23-10-9-22(19-3-7-21(28)8-4-19)31-24(23)25(33-26)29-11-12-34-13-15-35-16-14-34/h1-10H,11-17H2,(H2,29,30,32,33). The van der Waals surface area contributed by atoms with Crippen LogP contribution >= 0.6 is 0 Å². The average Bonchev–Trinajstić information content (AvgIpc) is 2.89. The smallest absolute Gasteiger partial charge is 0.225 e. The minimum absolute atomic E-state index is 0.273. The first-order valence-electron chi connectivity index (χ1n) is 11.6. The van der Waals surface area contributed by atoms with Crippen molar-refractivity contribution < 1.29 is 13.5 Å². The molecule has 180 valence electrons. The predicted octanol–water partition coefficient (Wildman–Crippen LogP) is 4.33. The molecule has 2 aromatic carbocycles. The number of hydrogen-bond acceptors (Lipinski definition) is 7. The van der Waals surface area contributed by atoms with E-state index in [1.807, 2.05) is 12.1 Å².